The molecule has 4 heavy (non-hydrogen) atoms. The average Bonchev–Trinajstić information content (AvgIpc) is 0. The quantitative estimate of drug-likeness (QED) is 0.413. The molecule has 0 radical (unpaired) electrons. The molecule has 0 nitrogen and oxygen atoms in total. The van der Waals surface area contributed by atoms with E-state index in [0.29, 0.717) is 0 Å². The van der Waals surface area contributed by atoms with Gasteiger partial charge in [0, 0.05) is 19.5 Å². The van der Waals surface area contributed by atoms with E-state index in [1.807, 2.05) is 0 Å². The van der Waals surface area contributed by atoms with Crippen molar-refractivity contribution in [3.05, 3.63) is 0 Å². The number of hydrogen-bond acceptors (Lipinski definition) is 0. The van der Waals surface area contributed by atoms with Crippen molar-refractivity contribution < 1.29 is 33.6 Å². The van der Waals surface area contributed by atoms with E-state index in [2.05, 4.69) is 0 Å². The summed E-state index contributed by atoms with van der Waals surface area (Å²) in [6, 6.07) is 0. The summed E-state index contributed by atoms with van der Waals surface area (Å²) >= 11 is 0. The van der Waals surface area contributed by atoms with Gasteiger partial charge in [0.2, 0.25) is 0 Å². The van der Waals surface area contributed by atoms with E-state index >= 15 is 0 Å². The third-order valence-corrected chi connectivity index (χ3v) is 0. The van der Waals surface area contributed by atoms with Crippen LogP contribution in [-0.4, -0.2) is 0 Å². The summed E-state index contributed by atoms with van der Waals surface area (Å²) in [6.45, 7) is 0. The molecule has 0 unspecified atom stereocenters. The molecule has 0 aromatic heterocycles. The van der Waals surface area contributed by atoms with Gasteiger partial charge in [-0.3, -0.25) is 14.1 Å². The van der Waals surface area contributed by atoms with Crippen LogP contribution in [-0.2, 0) is 19.5 Å². The standard InChI is InChI=1S/3FH.Zn/h3*1H;. The third kappa shape index (κ3) is 28.2. The van der Waals surface area contributed by atoms with Gasteiger partial charge in [-0.2, -0.15) is 0 Å². The van der Waals surface area contributed by atoms with Crippen LogP contribution in [0.2, 0.25) is 0 Å². The van der Waals surface area contributed by atoms with Crippen LogP contribution in [0.25, 0.3) is 0 Å². The molecule has 0 rings (SSSR count). The van der Waals surface area contributed by atoms with Gasteiger partial charge in [-0.25, -0.2) is 0 Å². The molecule has 0 bridgehead atoms. The first-order valence-corrected chi connectivity index (χ1v) is 0. The van der Waals surface area contributed by atoms with E-state index in [-0.39, 0.29) is 33.6 Å². The Morgan fingerprint density at radius 2 is 0.500 bits per heavy atom. The average molecular weight is 125 g/mol. The zero-order chi connectivity index (χ0) is 0. The Morgan fingerprint density at radius 3 is 0.500 bits per heavy atom. The Balaban J connectivity index is 0. The van der Waals surface area contributed by atoms with E-state index in [4.69, 9.17) is 0 Å². The van der Waals surface area contributed by atoms with E-state index in [0.717, 1.165) is 0 Å². The Kier molecular flexibility index (Phi) is 8750. The zero-order valence-corrected chi connectivity index (χ0v) is 4.90. The molecule has 0 aliphatic rings. The first-order chi connectivity index (χ1) is 0. The summed E-state index contributed by atoms with van der Waals surface area (Å²) in [7, 11) is 0. The maximum Gasteiger partial charge on any atom is 0 e. The monoisotopic (exact) mass is 124 g/mol. The van der Waals surface area contributed by atoms with E-state index < -0.39 is 0 Å². The molecule has 0 amide bonds. The number of rotatable bonds is 0. The maximum atomic E-state index is 0. The van der Waals surface area contributed by atoms with E-state index in [9.17, 15) is 0 Å². The minimum atomic E-state index is 0. The molecule has 0 N–H and O–H groups in total. The van der Waals surface area contributed by atoms with Gasteiger partial charge < -0.3 is 0 Å². The van der Waals surface area contributed by atoms with Gasteiger partial charge in [-0.1, -0.05) is 0 Å². The van der Waals surface area contributed by atoms with Crippen LogP contribution in [0.4, 0.5) is 14.1 Å². The minimum Gasteiger partial charge on any atom is -0.269 e. The largest absolute Gasteiger partial charge is 0.269 e. The summed E-state index contributed by atoms with van der Waals surface area (Å²) in [5.41, 5.74) is 0. The van der Waals surface area contributed by atoms with Gasteiger partial charge in [0.25, 0.3) is 0 Å². The second-order valence-electron chi connectivity index (χ2n) is 0. The molecule has 0 aliphatic carbocycles. The summed E-state index contributed by atoms with van der Waals surface area (Å²) in [4.78, 5) is 0. The molecular weight excluding hydrogens is 122 g/mol. The van der Waals surface area contributed by atoms with Gasteiger partial charge in [-0.05, 0) is 0 Å². The Labute approximate surface area is 34.4 Å². The van der Waals surface area contributed by atoms with Crippen molar-refractivity contribution in [3.63, 3.8) is 0 Å². The molecule has 0 aromatic carbocycles. The first-order valence-electron chi connectivity index (χ1n) is 0. The first kappa shape index (κ1) is 301. The maximum absolute atomic E-state index is 0. The van der Waals surface area contributed by atoms with Crippen LogP contribution in [0.15, 0.2) is 0 Å². The molecule has 0 aliphatic heterocycles. The van der Waals surface area contributed by atoms with Crippen molar-refractivity contribution in [1.82, 2.24) is 0 Å². The molecule has 0 spiro atoms. The van der Waals surface area contributed by atoms with Crippen LogP contribution in [0, 0.1) is 0 Å². The fourth-order valence-corrected chi connectivity index (χ4v) is 0. The summed E-state index contributed by atoms with van der Waals surface area (Å²) < 4.78 is 0. The fourth-order valence-electron chi connectivity index (χ4n) is 0. The second kappa shape index (κ2) is 116. The summed E-state index contributed by atoms with van der Waals surface area (Å²) in [6.07, 6.45) is 0. The smallest absolute Gasteiger partial charge is 0 e. The molecular formula is H3F3Zn. The Hall–Kier alpha value is 0.413. The zero-order valence-electron chi connectivity index (χ0n) is 1.93. The number of halogens is 3. The molecule has 0 heterocycles. The molecule has 4 heteroatoms. The predicted molar refractivity (Wildman–Crippen MR) is 7.51 cm³/mol. The van der Waals surface area contributed by atoms with Gasteiger partial charge in [0.05, 0.1) is 0 Å². The second-order valence-corrected chi connectivity index (χ2v) is 0. The summed E-state index contributed by atoms with van der Waals surface area (Å²) in [5.74, 6) is 0. The normalized spacial score (nSPS) is 0. The third-order valence-electron chi connectivity index (χ3n) is 0. The van der Waals surface area contributed by atoms with Crippen molar-refractivity contribution in [2.45, 2.75) is 0 Å². The Morgan fingerprint density at radius 1 is 0.500 bits per heavy atom. The molecule has 0 aromatic rings. The van der Waals surface area contributed by atoms with Crippen molar-refractivity contribution in [2.75, 3.05) is 0 Å². The van der Waals surface area contributed by atoms with E-state index in [1.165, 1.54) is 0 Å². The van der Waals surface area contributed by atoms with Crippen LogP contribution in [0.3, 0.4) is 0 Å². The molecule has 26 valence electrons. The van der Waals surface area contributed by atoms with E-state index in [1.54, 1.807) is 0 Å². The van der Waals surface area contributed by atoms with Gasteiger partial charge in [0.15, 0.2) is 0 Å². The van der Waals surface area contributed by atoms with Crippen molar-refractivity contribution >= 4 is 0 Å². The van der Waals surface area contributed by atoms with Gasteiger partial charge in [0.1, 0.15) is 0 Å². The van der Waals surface area contributed by atoms with Crippen molar-refractivity contribution in [1.29, 1.82) is 0 Å². The van der Waals surface area contributed by atoms with Crippen LogP contribution in [0.5, 0.6) is 0 Å². The van der Waals surface area contributed by atoms with Crippen LogP contribution in [0.1, 0.15) is 0 Å². The van der Waals surface area contributed by atoms with Gasteiger partial charge >= 0.3 is 0 Å². The van der Waals surface area contributed by atoms with Gasteiger partial charge in [-0.15, -0.1) is 0 Å². The topological polar surface area (TPSA) is 0 Å². The fraction of sp³-hybridized carbons (Fsp3) is 0. The molecule has 0 saturated heterocycles. The Bertz CT molecular complexity index is 3.25. The van der Waals surface area contributed by atoms with Crippen LogP contribution < -0.4 is 0 Å². The molecule has 0 atom stereocenters. The molecule has 0 fully saturated rings. The van der Waals surface area contributed by atoms with Crippen molar-refractivity contribution in [3.8, 4) is 0 Å². The summed E-state index contributed by atoms with van der Waals surface area (Å²) in [5, 5.41) is 0. The minimum absolute atomic E-state index is 0. The molecule has 0 saturated carbocycles. The van der Waals surface area contributed by atoms with Crippen molar-refractivity contribution in [2.24, 2.45) is 0 Å². The predicted octanol–water partition coefficient (Wildman–Crippen LogP) is 0.455. The number of hydrogen-bond donors (Lipinski definition) is 0. The SMILES string of the molecule is F.F.F.[Zn]. The van der Waals surface area contributed by atoms with Crippen LogP contribution >= 0.6 is 0 Å².